The molecule has 0 unspecified atom stereocenters. The average Bonchev–Trinajstić information content (AvgIpc) is 3.19. The molecule has 1 N–H and O–H groups in total. The van der Waals surface area contributed by atoms with Crippen molar-refractivity contribution in [2.24, 2.45) is 5.92 Å². The van der Waals surface area contributed by atoms with Crippen molar-refractivity contribution in [1.29, 1.82) is 0 Å². The largest absolute Gasteiger partial charge is 0.378 e. The van der Waals surface area contributed by atoms with E-state index in [1.165, 1.54) is 23.3 Å². The quantitative estimate of drug-likeness (QED) is 0.847. The fraction of sp³-hybridized carbons (Fsp3) is 0.467. The van der Waals surface area contributed by atoms with Crippen LogP contribution in [0.5, 0.6) is 0 Å². The molecule has 1 saturated carbocycles. The van der Waals surface area contributed by atoms with Crippen LogP contribution >= 0.6 is 27.3 Å². The smallest absolute Gasteiger partial charge is 0.283 e. The van der Waals surface area contributed by atoms with E-state index in [0.29, 0.717) is 10.4 Å². The van der Waals surface area contributed by atoms with Crippen LogP contribution in [0.1, 0.15) is 30.2 Å². The van der Waals surface area contributed by atoms with Gasteiger partial charge in [-0.25, -0.2) is 4.68 Å². The topological polar surface area (TPSA) is 46.9 Å². The summed E-state index contributed by atoms with van der Waals surface area (Å²) in [6, 6.07) is 2.16. The van der Waals surface area contributed by atoms with E-state index in [4.69, 9.17) is 0 Å². The minimum Gasteiger partial charge on any atom is -0.378 e. The van der Waals surface area contributed by atoms with E-state index < -0.39 is 0 Å². The molecule has 1 aliphatic rings. The predicted molar refractivity (Wildman–Crippen MR) is 89.9 cm³/mol. The van der Waals surface area contributed by atoms with Gasteiger partial charge in [0.05, 0.1) is 11.9 Å². The Morgan fingerprint density at radius 1 is 1.52 bits per heavy atom. The molecule has 0 amide bonds. The summed E-state index contributed by atoms with van der Waals surface area (Å²) in [5, 5.41) is 9.70. The molecule has 1 aliphatic carbocycles. The number of aromatic nitrogens is 2. The number of nitrogens with one attached hydrogen (secondary N) is 1. The minimum absolute atomic E-state index is 0.0474. The Bertz CT molecular complexity index is 690. The molecule has 0 aromatic carbocycles. The number of thiophene rings is 1. The summed E-state index contributed by atoms with van der Waals surface area (Å²) in [4.78, 5) is 13.6. The molecule has 2 aromatic heterocycles. The van der Waals surface area contributed by atoms with Gasteiger partial charge in [0, 0.05) is 18.0 Å². The third-order valence-corrected chi connectivity index (χ3v) is 5.50. The first-order valence-electron chi connectivity index (χ1n) is 7.23. The van der Waals surface area contributed by atoms with Gasteiger partial charge in [0.1, 0.15) is 4.47 Å². The second-order valence-electron chi connectivity index (χ2n) is 5.38. The Labute approximate surface area is 136 Å². The summed E-state index contributed by atoms with van der Waals surface area (Å²) >= 11 is 5.15. The fourth-order valence-corrected chi connectivity index (χ4v) is 3.64. The van der Waals surface area contributed by atoms with Crippen molar-refractivity contribution in [3.63, 3.8) is 0 Å². The first-order valence-corrected chi connectivity index (χ1v) is 8.91. The summed E-state index contributed by atoms with van der Waals surface area (Å²) in [7, 11) is 0. The summed E-state index contributed by atoms with van der Waals surface area (Å²) in [6.07, 6.45) is 5.20. The van der Waals surface area contributed by atoms with Crippen molar-refractivity contribution < 1.29 is 0 Å². The Morgan fingerprint density at radius 2 is 2.33 bits per heavy atom. The van der Waals surface area contributed by atoms with E-state index in [2.05, 4.69) is 44.7 Å². The maximum Gasteiger partial charge on any atom is 0.283 e. The van der Waals surface area contributed by atoms with Gasteiger partial charge in [0.15, 0.2) is 0 Å². The lowest BCUT2D eigenvalue weighted by Gasteiger charge is -2.10. The molecule has 1 fully saturated rings. The molecule has 0 aliphatic heterocycles. The highest BCUT2D eigenvalue weighted by molar-refractivity contribution is 9.10. The van der Waals surface area contributed by atoms with Crippen LogP contribution < -0.4 is 10.9 Å². The van der Waals surface area contributed by atoms with E-state index in [-0.39, 0.29) is 5.56 Å². The second-order valence-corrected chi connectivity index (χ2v) is 7.17. The fourth-order valence-electron chi connectivity index (χ4n) is 2.28. The standard InChI is InChI=1S/C15H18BrN3OS/c1-2-11-5-6-21-13(11)8-17-12-7-18-19(9-10-3-4-10)15(20)14(12)16/h5-7,10,17H,2-4,8-9H2,1H3. The minimum atomic E-state index is -0.0474. The van der Waals surface area contributed by atoms with Gasteiger partial charge >= 0.3 is 0 Å². The van der Waals surface area contributed by atoms with Crippen LogP contribution in [0.15, 0.2) is 26.9 Å². The molecule has 2 heterocycles. The van der Waals surface area contributed by atoms with Gasteiger partial charge in [-0.1, -0.05) is 6.92 Å². The monoisotopic (exact) mass is 367 g/mol. The maximum absolute atomic E-state index is 12.3. The first-order chi connectivity index (χ1) is 10.2. The van der Waals surface area contributed by atoms with Crippen LogP contribution in [-0.2, 0) is 19.5 Å². The van der Waals surface area contributed by atoms with Crippen LogP contribution in [0.25, 0.3) is 0 Å². The lowest BCUT2D eigenvalue weighted by atomic mass is 10.2. The highest BCUT2D eigenvalue weighted by Crippen LogP contribution is 2.30. The normalized spacial score (nSPS) is 14.4. The molecule has 0 saturated heterocycles. The number of hydrogen-bond donors (Lipinski definition) is 1. The van der Waals surface area contributed by atoms with Gasteiger partial charge in [-0.15, -0.1) is 11.3 Å². The number of aryl methyl sites for hydroxylation is 1. The van der Waals surface area contributed by atoms with Crippen LogP contribution in [-0.4, -0.2) is 9.78 Å². The Balaban J connectivity index is 1.73. The summed E-state index contributed by atoms with van der Waals surface area (Å²) in [5.41, 5.74) is 2.08. The number of anilines is 1. The number of nitrogens with zero attached hydrogens (tertiary/aromatic N) is 2. The summed E-state index contributed by atoms with van der Waals surface area (Å²) in [5.74, 6) is 0.638. The van der Waals surface area contributed by atoms with Crippen LogP contribution in [0.4, 0.5) is 5.69 Å². The molecular formula is C15H18BrN3OS. The van der Waals surface area contributed by atoms with Crippen LogP contribution in [0, 0.1) is 5.92 Å². The molecule has 2 aromatic rings. The van der Waals surface area contributed by atoms with E-state index >= 15 is 0 Å². The molecule has 0 bridgehead atoms. The molecule has 6 heteroatoms. The van der Waals surface area contributed by atoms with E-state index in [1.807, 2.05) is 0 Å². The van der Waals surface area contributed by atoms with Crippen molar-refractivity contribution in [2.45, 2.75) is 39.3 Å². The molecule has 3 rings (SSSR count). The molecule has 0 spiro atoms. The molecule has 21 heavy (non-hydrogen) atoms. The number of hydrogen-bond acceptors (Lipinski definition) is 4. The van der Waals surface area contributed by atoms with Crippen molar-refractivity contribution in [3.05, 3.63) is 42.9 Å². The molecule has 0 radical (unpaired) electrons. The Hall–Kier alpha value is -1.14. The molecule has 112 valence electrons. The zero-order chi connectivity index (χ0) is 14.8. The first kappa shape index (κ1) is 14.8. The van der Waals surface area contributed by atoms with Gasteiger partial charge in [-0.05, 0) is 58.1 Å². The van der Waals surface area contributed by atoms with Crippen molar-refractivity contribution >= 4 is 33.0 Å². The summed E-state index contributed by atoms with van der Waals surface area (Å²) < 4.78 is 2.14. The van der Waals surface area contributed by atoms with E-state index in [1.54, 1.807) is 22.2 Å². The zero-order valence-corrected chi connectivity index (χ0v) is 14.3. The van der Waals surface area contributed by atoms with Gasteiger partial charge in [0.25, 0.3) is 5.56 Å². The van der Waals surface area contributed by atoms with Gasteiger partial charge in [-0.3, -0.25) is 4.79 Å². The van der Waals surface area contributed by atoms with Crippen molar-refractivity contribution in [3.8, 4) is 0 Å². The predicted octanol–water partition coefficient (Wildman–Crippen LogP) is 3.65. The molecular weight excluding hydrogens is 350 g/mol. The lowest BCUT2D eigenvalue weighted by Crippen LogP contribution is -2.25. The van der Waals surface area contributed by atoms with Gasteiger partial charge in [0.2, 0.25) is 0 Å². The highest BCUT2D eigenvalue weighted by atomic mass is 79.9. The Kier molecular flexibility index (Phi) is 4.45. The van der Waals surface area contributed by atoms with E-state index in [9.17, 15) is 4.79 Å². The third kappa shape index (κ3) is 3.37. The SMILES string of the molecule is CCc1ccsc1CNc1cnn(CC2CC2)c(=O)c1Br. The van der Waals surface area contributed by atoms with Gasteiger partial charge in [-0.2, -0.15) is 5.10 Å². The lowest BCUT2D eigenvalue weighted by molar-refractivity contribution is 0.532. The van der Waals surface area contributed by atoms with E-state index in [0.717, 1.165) is 25.2 Å². The molecule has 4 nitrogen and oxygen atoms in total. The average molecular weight is 368 g/mol. The maximum atomic E-state index is 12.3. The van der Waals surface area contributed by atoms with Crippen molar-refractivity contribution in [1.82, 2.24) is 9.78 Å². The van der Waals surface area contributed by atoms with Crippen LogP contribution in [0.3, 0.4) is 0 Å². The number of halogens is 1. The third-order valence-electron chi connectivity index (χ3n) is 3.77. The highest BCUT2D eigenvalue weighted by Gasteiger charge is 2.23. The Morgan fingerprint density at radius 3 is 3.05 bits per heavy atom. The molecule has 0 atom stereocenters. The van der Waals surface area contributed by atoms with Crippen molar-refractivity contribution in [2.75, 3.05) is 5.32 Å². The summed E-state index contributed by atoms with van der Waals surface area (Å²) in [6.45, 7) is 3.62. The van der Waals surface area contributed by atoms with Crippen LogP contribution in [0.2, 0.25) is 0 Å². The van der Waals surface area contributed by atoms with Gasteiger partial charge < -0.3 is 5.32 Å². The second kappa shape index (κ2) is 6.32. The number of rotatable bonds is 6. The zero-order valence-electron chi connectivity index (χ0n) is 11.9.